The van der Waals surface area contributed by atoms with Crippen molar-refractivity contribution >= 4 is 5.78 Å². The number of halogens is 1. The topological polar surface area (TPSA) is 35.5 Å². The molecule has 17 heavy (non-hydrogen) atoms. The molecule has 0 spiro atoms. The first kappa shape index (κ1) is 13.5. The second-order valence-corrected chi connectivity index (χ2v) is 3.61. The van der Waals surface area contributed by atoms with E-state index in [1.54, 1.807) is 13.8 Å². The molecule has 94 valence electrons. The summed E-state index contributed by atoms with van der Waals surface area (Å²) in [5.74, 6) is -0.365. The van der Waals surface area contributed by atoms with Crippen LogP contribution in [-0.2, 0) is 0 Å². The third-order valence-electron chi connectivity index (χ3n) is 2.39. The molecule has 0 N–H and O–H groups in total. The van der Waals surface area contributed by atoms with Crippen molar-refractivity contribution in [3.63, 3.8) is 0 Å². The summed E-state index contributed by atoms with van der Waals surface area (Å²) in [7, 11) is 0. The molecule has 0 saturated carbocycles. The molecule has 3 nitrogen and oxygen atoms in total. The van der Waals surface area contributed by atoms with Crippen LogP contribution in [0.25, 0.3) is 0 Å². The Morgan fingerprint density at radius 1 is 1.29 bits per heavy atom. The van der Waals surface area contributed by atoms with Crippen molar-refractivity contribution in [3.8, 4) is 11.5 Å². The number of rotatable bonds is 5. The van der Waals surface area contributed by atoms with Gasteiger partial charge in [-0.15, -0.1) is 0 Å². The fourth-order valence-electron chi connectivity index (χ4n) is 1.58. The molecule has 1 aromatic rings. The van der Waals surface area contributed by atoms with Gasteiger partial charge < -0.3 is 9.47 Å². The van der Waals surface area contributed by atoms with Gasteiger partial charge in [0.1, 0.15) is 5.75 Å². The van der Waals surface area contributed by atoms with Crippen molar-refractivity contribution in [2.24, 2.45) is 0 Å². The second-order valence-electron chi connectivity index (χ2n) is 3.61. The van der Waals surface area contributed by atoms with Gasteiger partial charge in [0.25, 0.3) is 0 Å². The van der Waals surface area contributed by atoms with E-state index in [4.69, 9.17) is 9.47 Å². The van der Waals surface area contributed by atoms with Gasteiger partial charge in [-0.25, -0.2) is 4.39 Å². The first-order valence-corrected chi connectivity index (χ1v) is 5.62. The summed E-state index contributed by atoms with van der Waals surface area (Å²) in [5, 5.41) is 0. The Labute approximate surface area is 101 Å². The predicted molar refractivity (Wildman–Crippen MR) is 63.5 cm³/mol. The van der Waals surface area contributed by atoms with Crippen LogP contribution in [0.1, 0.15) is 36.7 Å². The van der Waals surface area contributed by atoms with Gasteiger partial charge in [0, 0.05) is 5.56 Å². The highest BCUT2D eigenvalue weighted by atomic mass is 19.1. The SMILES string of the molecule is CCOc1cc(C(C)=O)c(F)c(OCC)c1C. The lowest BCUT2D eigenvalue weighted by molar-refractivity contribution is 0.101. The maximum absolute atomic E-state index is 14.0. The summed E-state index contributed by atoms with van der Waals surface area (Å²) in [6, 6.07) is 1.43. The molecule has 0 radical (unpaired) electrons. The van der Waals surface area contributed by atoms with Crippen molar-refractivity contribution < 1.29 is 18.7 Å². The van der Waals surface area contributed by atoms with Gasteiger partial charge in [-0.1, -0.05) is 0 Å². The van der Waals surface area contributed by atoms with E-state index in [1.165, 1.54) is 13.0 Å². The average molecular weight is 240 g/mol. The van der Waals surface area contributed by atoms with Gasteiger partial charge in [0.15, 0.2) is 17.3 Å². The van der Waals surface area contributed by atoms with Crippen molar-refractivity contribution in [2.45, 2.75) is 27.7 Å². The predicted octanol–water partition coefficient (Wildman–Crippen LogP) is 3.13. The molecule has 0 atom stereocenters. The van der Waals surface area contributed by atoms with Crippen molar-refractivity contribution in [1.82, 2.24) is 0 Å². The normalized spacial score (nSPS) is 10.2. The Morgan fingerprint density at radius 3 is 2.35 bits per heavy atom. The Morgan fingerprint density at radius 2 is 1.88 bits per heavy atom. The minimum atomic E-state index is -0.611. The molecule has 0 aromatic heterocycles. The largest absolute Gasteiger partial charge is 0.493 e. The quantitative estimate of drug-likeness (QED) is 0.742. The van der Waals surface area contributed by atoms with E-state index >= 15 is 0 Å². The van der Waals surface area contributed by atoms with E-state index in [2.05, 4.69) is 0 Å². The molecule has 0 fully saturated rings. The molecule has 0 aliphatic rings. The number of Topliss-reactive ketones (excluding diaryl/α,β-unsaturated/α-hetero) is 1. The highest BCUT2D eigenvalue weighted by molar-refractivity contribution is 5.95. The van der Waals surface area contributed by atoms with Crippen LogP contribution in [0.15, 0.2) is 6.07 Å². The highest BCUT2D eigenvalue weighted by Gasteiger charge is 2.19. The third-order valence-corrected chi connectivity index (χ3v) is 2.39. The summed E-state index contributed by atoms with van der Waals surface area (Å²) in [5.41, 5.74) is 0.582. The van der Waals surface area contributed by atoms with Crippen LogP contribution >= 0.6 is 0 Å². The lowest BCUT2D eigenvalue weighted by atomic mass is 10.1. The molecule has 0 heterocycles. The highest BCUT2D eigenvalue weighted by Crippen LogP contribution is 2.33. The zero-order chi connectivity index (χ0) is 13.0. The number of benzene rings is 1. The summed E-state index contributed by atoms with van der Waals surface area (Å²) < 4.78 is 24.6. The lowest BCUT2D eigenvalue weighted by Gasteiger charge is -2.15. The third kappa shape index (κ3) is 2.75. The van der Waals surface area contributed by atoms with E-state index in [-0.39, 0.29) is 17.1 Å². The van der Waals surface area contributed by atoms with Gasteiger partial charge >= 0.3 is 0 Å². The fourth-order valence-corrected chi connectivity index (χ4v) is 1.58. The molecule has 0 aliphatic heterocycles. The second kappa shape index (κ2) is 5.66. The number of carbonyl (C=O) groups excluding carboxylic acids is 1. The van der Waals surface area contributed by atoms with Crippen LogP contribution in [0.5, 0.6) is 11.5 Å². The van der Waals surface area contributed by atoms with Gasteiger partial charge in [-0.2, -0.15) is 0 Å². The Kier molecular flexibility index (Phi) is 4.49. The summed E-state index contributed by atoms with van der Waals surface area (Å²) >= 11 is 0. The van der Waals surface area contributed by atoms with Crippen LogP contribution in [0.2, 0.25) is 0 Å². The summed E-state index contributed by atoms with van der Waals surface area (Å²) in [4.78, 5) is 11.3. The molecule has 1 rings (SSSR count). The van der Waals surface area contributed by atoms with Crippen molar-refractivity contribution in [2.75, 3.05) is 13.2 Å². The number of hydrogen-bond donors (Lipinski definition) is 0. The fraction of sp³-hybridized carbons (Fsp3) is 0.462. The molecular weight excluding hydrogens is 223 g/mol. The zero-order valence-electron chi connectivity index (χ0n) is 10.6. The van der Waals surface area contributed by atoms with E-state index in [1.807, 2.05) is 6.92 Å². The van der Waals surface area contributed by atoms with Crippen LogP contribution in [0, 0.1) is 12.7 Å². The molecular formula is C13H17FO3. The monoisotopic (exact) mass is 240 g/mol. The Hall–Kier alpha value is -1.58. The van der Waals surface area contributed by atoms with Crippen LogP contribution in [0.3, 0.4) is 0 Å². The molecule has 1 aromatic carbocycles. The molecule has 0 amide bonds. The maximum Gasteiger partial charge on any atom is 0.176 e. The van der Waals surface area contributed by atoms with Gasteiger partial charge in [0.2, 0.25) is 0 Å². The van der Waals surface area contributed by atoms with Gasteiger partial charge in [-0.05, 0) is 33.8 Å². The number of hydrogen-bond acceptors (Lipinski definition) is 3. The molecule has 0 aliphatic carbocycles. The number of ketones is 1. The van der Waals surface area contributed by atoms with E-state index < -0.39 is 5.82 Å². The minimum absolute atomic E-state index is 0.00231. The number of ether oxygens (including phenoxy) is 2. The molecule has 0 saturated heterocycles. The first-order chi connectivity index (χ1) is 8.02. The van der Waals surface area contributed by atoms with Gasteiger partial charge in [0.05, 0.1) is 18.8 Å². The first-order valence-electron chi connectivity index (χ1n) is 5.62. The minimum Gasteiger partial charge on any atom is -0.493 e. The van der Waals surface area contributed by atoms with Crippen LogP contribution < -0.4 is 9.47 Å². The van der Waals surface area contributed by atoms with E-state index in [0.717, 1.165) is 0 Å². The van der Waals surface area contributed by atoms with Crippen LogP contribution in [0.4, 0.5) is 4.39 Å². The molecule has 4 heteroatoms. The van der Waals surface area contributed by atoms with E-state index in [9.17, 15) is 9.18 Å². The lowest BCUT2D eigenvalue weighted by Crippen LogP contribution is -2.06. The smallest absolute Gasteiger partial charge is 0.176 e. The summed E-state index contributed by atoms with van der Waals surface area (Å²) in [6.45, 7) is 7.42. The van der Waals surface area contributed by atoms with E-state index in [0.29, 0.717) is 24.5 Å². The zero-order valence-corrected chi connectivity index (χ0v) is 10.6. The van der Waals surface area contributed by atoms with Gasteiger partial charge in [-0.3, -0.25) is 4.79 Å². The molecule has 0 unspecified atom stereocenters. The van der Waals surface area contributed by atoms with Crippen molar-refractivity contribution in [3.05, 3.63) is 23.0 Å². The Balaban J connectivity index is 3.40. The summed E-state index contributed by atoms with van der Waals surface area (Å²) in [6.07, 6.45) is 0. The average Bonchev–Trinajstić information content (AvgIpc) is 2.27. The standard InChI is InChI=1S/C13H17FO3/c1-5-16-11-7-10(9(4)15)12(14)13(8(11)3)17-6-2/h7H,5-6H2,1-4H3. The Bertz CT molecular complexity index is 427. The van der Waals surface area contributed by atoms with Crippen LogP contribution in [-0.4, -0.2) is 19.0 Å². The molecule has 0 bridgehead atoms. The maximum atomic E-state index is 14.0. The van der Waals surface area contributed by atoms with Crippen molar-refractivity contribution in [1.29, 1.82) is 0 Å². The number of carbonyl (C=O) groups is 1.